The molecule has 0 aliphatic carbocycles. The largest absolute Gasteiger partial charge is 0.493 e. The van der Waals surface area contributed by atoms with Gasteiger partial charge in [0.25, 0.3) is 0 Å². The number of carbonyl (C=O) groups excluding carboxylic acids is 1. The molecule has 1 heterocycles. The molecule has 1 amide bonds. The van der Waals surface area contributed by atoms with Gasteiger partial charge in [-0.15, -0.1) is 0 Å². The van der Waals surface area contributed by atoms with Crippen molar-refractivity contribution in [2.45, 2.75) is 32.9 Å². The maximum atomic E-state index is 11.5. The van der Waals surface area contributed by atoms with E-state index >= 15 is 0 Å². The first kappa shape index (κ1) is 17.9. The predicted octanol–water partition coefficient (Wildman–Crippen LogP) is 2.70. The van der Waals surface area contributed by atoms with Gasteiger partial charge in [-0.1, -0.05) is 18.5 Å². The van der Waals surface area contributed by atoms with Crippen LogP contribution in [0, 0.1) is 5.92 Å². The first-order valence-corrected chi connectivity index (χ1v) is 8.23. The number of nitrogens with one attached hydrogen (secondary N) is 1. The lowest BCUT2D eigenvalue weighted by Gasteiger charge is -2.37. The molecule has 1 aromatic carbocycles. The number of benzene rings is 1. The van der Waals surface area contributed by atoms with Crippen LogP contribution in [0.4, 0.5) is 0 Å². The first-order valence-electron chi connectivity index (χ1n) is 7.85. The zero-order valence-electron chi connectivity index (χ0n) is 14.2. The van der Waals surface area contributed by atoms with Crippen molar-refractivity contribution in [2.75, 3.05) is 27.3 Å². The Labute approximate surface area is 142 Å². The summed E-state index contributed by atoms with van der Waals surface area (Å²) in [7, 11) is 3.18. The molecule has 0 unspecified atom stereocenters. The normalized spacial score (nSPS) is 21.2. The molecule has 5 nitrogen and oxygen atoms in total. The third-order valence-corrected chi connectivity index (χ3v) is 4.69. The fourth-order valence-electron chi connectivity index (χ4n) is 3.06. The van der Waals surface area contributed by atoms with Crippen LogP contribution in [0.1, 0.15) is 25.8 Å². The molecule has 0 radical (unpaired) electrons. The van der Waals surface area contributed by atoms with Crippen molar-refractivity contribution in [2.24, 2.45) is 5.92 Å². The summed E-state index contributed by atoms with van der Waals surface area (Å²) in [5, 5.41) is 4.11. The maximum absolute atomic E-state index is 11.5. The summed E-state index contributed by atoms with van der Waals surface area (Å²) in [6, 6.07) is 4.22. The highest BCUT2D eigenvalue weighted by Crippen LogP contribution is 2.36. The Morgan fingerprint density at radius 3 is 2.70 bits per heavy atom. The highest BCUT2D eigenvalue weighted by atomic mass is 35.5. The van der Waals surface area contributed by atoms with E-state index < -0.39 is 0 Å². The van der Waals surface area contributed by atoms with E-state index in [1.807, 2.05) is 17.0 Å². The molecule has 0 aromatic heterocycles. The number of amides is 1. The first-order chi connectivity index (χ1) is 11.0. The summed E-state index contributed by atoms with van der Waals surface area (Å²) in [6.07, 6.45) is 0.960. The molecule has 1 aliphatic rings. The summed E-state index contributed by atoms with van der Waals surface area (Å²) in [4.78, 5) is 13.4. The van der Waals surface area contributed by atoms with Crippen LogP contribution < -0.4 is 14.8 Å². The van der Waals surface area contributed by atoms with Gasteiger partial charge in [0.05, 0.1) is 19.2 Å². The highest BCUT2D eigenvalue weighted by molar-refractivity contribution is 6.32. The molecule has 128 valence electrons. The maximum Gasteiger partial charge on any atom is 0.219 e. The van der Waals surface area contributed by atoms with E-state index in [4.69, 9.17) is 21.1 Å². The molecule has 2 atom stereocenters. The van der Waals surface area contributed by atoms with Gasteiger partial charge in [-0.25, -0.2) is 0 Å². The van der Waals surface area contributed by atoms with Crippen LogP contribution in [0.15, 0.2) is 12.1 Å². The Balaban J connectivity index is 1.99. The number of carbonyl (C=O) groups is 1. The van der Waals surface area contributed by atoms with Crippen LogP contribution in [0.2, 0.25) is 5.02 Å². The fourth-order valence-corrected chi connectivity index (χ4v) is 3.37. The summed E-state index contributed by atoms with van der Waals surface area (Å²) in [5.74, 6) is 1.77. The van der Waals surface area contributed by atoms with Crippen molar-refractivity contribution in [3.05, 3.63) is 22.7 Å². The zero-order chi connectivity index (χ0) is 17.0. The van der Waals surface area contributed by atoms with Gasteiger partial charge in [0.1, 0.15) is 0 Å². The van der Waals surface area contributed by atoms with Gasteiger partial charge in [0.2, 0.25) is 5.91 Å². The lowest BCUT2D eigenvalue weighted by atomic mass is 9.93. The van der Waals surface area contributed by atoms with Gasteiger partial charge in [0.15, 0.2) is 11.5 Å². The standard InChI is InChI=1S/C17H25ClN2O3/c1-11-10-20(12(2)21)6-5-15(11)19-9-13-7-14(18)17(23-4)16(8-13)22-3/h7-8,11,15,19H,5-6,9-10H2,1-4H3/t11-,15+/m0/s1. The van der Waals surface area contributed by atoms with Crippen LogP contribution in [0.5, 0.6) is 11.5 Å². The number of rotatable bonds is 5. The average Bonchev–Trinajstić information content (AvgIpc) is 2.52. The van der Waals surface area contributed by atoms with E-state index in [1.165, 1.54) is 0 Å². The monoisotopic (exact) mass is 340 g/mol. The molecule has 0 saturated carbocycles. The highest BCUT2D eigenvalue weighted by Gasteiger charge is 2.26. The van der Waals surface area contributed by atoms with Crippen molar-refractivity contribution < 1.29 is 14.3 Å². The number of ether oxygens (including phenoxy) is 2. The van der Waals surface area contributed by atoms with E-state index in [-0.39, 0.29) is 5.91 Å². The number of hydrogen-bond donors (Lipinski definition) is 1. The van der Waals surface area contributed by atoms with Gasteiger partial charge < -0.3 is 19.7 Å². The summed E-state index contributed by atoms with van der Waals surface area (Å²) in [6.45, 7) is 6.12. The van der Waals surface area contributed by atoms with Gasteiger partial charge in [-0.3, -0.25) is 4.79 Å². The minimum Gasteiger partial charge on any atom is -0.493 e. The topological polar surface area (TPSA) is 50.8 Å². The molecule has 23 heavy (non-hydrogen) atoms. The molecule has 1 N–H and O–H groups in total. The lowest BCUT2D eigenvalue weighted by molar-refractivity contribution is -0.130. The van der Waals surface area contributed by atoms with E-state index in [9.17, 15) is 4.79 Å². The minimum absolute atomic E-state index is 0.155. The van der Waals surface area contributed by atoms with E-state index in [0.29, 0.717) is 35.0 Å². The summed E-state index contributed by atoms with van der Waals surface area (Å²) in [5.41, 5.74) is 1.05. The van der Waals surface area contributed by atoms with Gasteiger partial charge in [-0.05, 0) is 30.0 Å². The van der Waals surface area contributed by atoms with Crippen LogP contribution in [0.3, 0.4) is 0 Å². The molecular weight excluding hydrogens is 316 g/mol. The second-order valence-electron chi connectivity index (χ2n) is 6.03. The summed E-state index contributed by atoms with van der Waals surface area (Å²) < 4.78 is 10.6. The Kier molecular flexibility index (Phi) is 6.13. The average molecular weight is 341 g/mol. The molecule has 0 bridgehead atoms. The molecular formula is C17H25ClN2O3. The van der Waals surface area contributed by atoms with Crippen LogP contribution in [-0.4, -0.2) is 44.2 Å². The minimum atomic E-state index is 0.155. The van der Waals surface area contributed by atoms with Gasteiger partial charge in [0, 0.05) is 32.6 Å². The molecule has 1 fully saturated rings. The van der Waals surface area contributed by atoms with Crippen molar-refractivity contribution in [3.63, 3.8) is 0 Å². The second-order valence-corrected chi connectivity index (χ2v) is 6.44. The van der Waals surface area contributed by atoms with E-state index in [0.717, 1.165) is 25.1 Å². The quantitative estimate of drug-likeness (QED) is 0.895. The molecule has 1 aromatic rings. The number of nitrogens with zero attached hydrogens (tertiary/aromatic N) is 1. The van der Waals surface area contributed by atoms with Crippen LogP contribution >= 0.6 is 11.6 Å². The molecule has 2 rings (SSSR count). The predicted molar refractivity (Wildman–Crippen MR) is 91.2 cm³/mol. The van der Waals surface area contributed by atoms with Crippen molar-refractivity contribution in [1.82, 2.24) is 10.2 Å². The molecule has 1 saturated heterocycles. The molecule has 1 aliphatic heterocycles. The Bertz CT molecular complexity index is 565. The van der Waals surface area contributed by atoms with Gasteiger partial charge >= 0.3 is 0 Å². The number of halogens is 1. The third kappa shape index (κ3) is 4.30. The van der Waals surface area contributed by atoms with Crippen LogP contribution in [-0.2, 0) is 11.3 Å². The smallest absolute Gasteiger partial charge is 0.219 e. The molecule has 6 heteroatoms. The van der Waals surface area contributed by atoms with E-state index in [2.05, 4.69) is 12.2 Å². The van der Waals surface area contributed by atoms with Crippen molar-refractivity contribution in [3.8, 4) is 11.5 Å². The Morgan fingerprint density at radius 2 is 2.13 bits per heavy atom. The summed E-state index contributed by atoms with van der Waals surface area (Å²) >= 11 is 6.24. The number of hydrogen-bond acceptors (Lipinski definition) is 4. The Morgan fingerprint density at radius 1 is 1.39 bits per heavy atom. The number of piperidine rings is 1. The SMILES string of the molecule is COc1cc(CN[C@@H]2CCN(C(C)=O)C[C@@H]2C)cc(Cl)c1OC. The van der Waals surface area contributed by atoms with E-state index in [1.54, 1.807) is 21.1 Å². The fraction of sp³-hybridized carbons (Fsp3) is 0.588. The second kappa shape index (κ2) is 7.88. The number of methoxy groups -OCH3 is 2. The van der Waals surface area contributed by atoms with Crippen molar-refractivity contribution >= 4 is 17.5 Å². The Hall–Kier alpha value is -1.46. The lowest BCUT2D eigenvalue weighted by Crippen LogP contribution is -2.49. The number of likely N-dealkylation sites (tertiary alicyclic amines) is 1. The van der Waals surface area contributed by atoms with Gasteiger partial charge in [-0.2, -0.15) is 0 Å². The van der Waals surface area contributed by atoms with Crippen molar-refractivity contribution in [1.29, 1.82) is 0 Å². The zero-order valence-corrected chi connectivity index (χ0v) is 14.9. The van der Waals surface area contributed by atoms with Crippen LogP contribution in [0.25, 0.3) is 0 Å². The third-order valence-electron chi connectivity index (χ3n) is 4.41. The molecule has 0 spiro atoms.